The van der Waals surface area contributed by atoms with Gasteiger partial charge in [-0.05, 0) is 31.0 Å². The van der Waals surface area contributed by atoms with Gasteiger partial charge in [0, 0.05) is 25.1 Å². The molecule has 1 heterocycles. The maximum Gasteiger partial charge on any atom is 0.389 e. The summed E-state index contributed by atoms with van der Waals surface area (Å²) in [4.78, 5) is 25.8. The lowest BCUT2D eigenvalue weighted by Gasteiger charge is -2.17. The SMILES string of the molecule is COc1ccc(C(=O)N2CCCC2)cc1NC(=O)CCC(F)(F)F. The summed E-state index contributed by atoms with van der Waals surface area (Å²) >= 11 is 0. The Hall–Kier alpha value is -2.25. The zero-order valence-corrected chi connectivity index (χ0v) is 13.3. The van der Waals surface area contributed by atoms with Crippen LogP contribution in [0.1, 0.15) is 36.0 Å². The third-order valence-electron chi connectivity index (χ3n) is 3.75. The first-order valence-electron chi connectivity index (χ1n) is 7.64. The van der Waals surface area contributed by atoms with Gasteiger partial charge in [-0.15, -0.1) is 0 Å². The highest BCUT2D eigenvalue weighted by Gasteiger charge is 2.28. The first-order chi connectivity index (χ1) is 11.3. The quantitative estimate of drug-likeness (QED) is 0.892. The lowest BCUT2D eigenvalue weighted by molar-refractivity contribution is -0.142. The second-order valence-corrected chi connectivity index (χ2v) is 5.58. The fourth-order valence-corrected chi connectivity index (χ4v) is 2.51. The van der Waals surface area contributed by atoms with E-state index < -0.39 is 24.9 Å². The number of hydrogen-bond donors (Lipinski definition) is 1. The number of alkyl halides is 3. The Morgan fingerprint density at radius 2 is 1.92 bits per heavy atom. The maximum atomic E-state index is 12.4. The standard InChI is InChI=1S/C16H19F3N2O3/c1-24-13-5-4-11(15(23)21-8-2-3-9-21)10-12(13)20-14(22)6-7-16(17,18)19/h4-5,10H,2-3,6-9H2,1H3,(H,20,22). The van der Waals surface area contributed by atoms with Crippen LogP contribution in [0.25, 0.3) is 0 Å². The predicted molar refractivity (Wildman–Crippen MR) is 82.1 cm³/mol. The van der Waals surface area contributed by atoms with E-state index >= 15 is 0 Å². The van der Waals surface area contributed by atoms with Gasteiger partial charge in [0.05, 0.1) is 19.2 Å². The van der Waals surface area contributed by atoms with Crippen LogP contribution in [-0.2, 0) is 4.79 Å². The molecule has 1 aromatic rings. The number of benzene rings is 1. The second kappa shape index (κ2) is 7.55. The molecule has 0 atom stereocenters. The molecule has 1 aromatic carbocycles. The summed E-state index contributed by atoms with van der Waals surface area (Å²) in [6.07, 6.45) is -4.38. The van der Waals surface area contributed by atoms with Crippen LogP contribution in [-0.4, -0.2) is 43.1 Å². The van der Waals surface area contributed by atoms with Crippen molar-refractivity contribution in [3.63, 3.8) is 0 Å². The van der Waals surface area contributed by atoms with E-state index in [2.05, 4.69) is 5.32 Å². The van der Waals surface area contributed by atoms with Crippen LogP contribution in [0.15, 0.2) is 18.2 Å². The number of hydrogen-bond acceptors (Lipinski definition) is 3. The zero-order valence-electron chi connectivity index (χ0n) is 13.3. The van der Waals surface area contributed by atoms with E-state index in [1.54, 1.807) is 11.0 Å². The molecule has 1 saturated heterocycles. The van der Waals surface area contributed by atoms with Crippen LogP contribution >= 0.6 is 0 Å². The van der Waals surface area contributed by atoms with Crippen molar-refractivity contribution in [1.82, 2.24) is 4.90 Å². The van der Waals surface area contributed by atoms with Crippen LogP contribution in [0.3, 0.4) is 0 Å². The third-order valence-corrected chi connectivity index (χ3v) is 3.75. The van der Waals surface area contributed by atoms with E-state index in [1.807, 2.05) is 0 Å². The summed E-state index contributed by atoms with van der Waals surface area (Å²) in [5, 5.41) is 2.39. The summed E-state index contributed by atoms with van der Waals surface area (Å²) in [6.45, 7) is 1.36. The van der Waals surface area contributed by atoms with Crippen LogP contribution in [0.2, 0.25) is 0 Å². The van der Waals surface area contributed by atoms with Gasteiger partial charge in [0.15, 0.2) is 0 Å². The fourth-order valence-electron chi connectivity index (χ4n) is 2.51. The van der Waals surface area contributed by atoms with Crippen LogP contribution in [0.4, 0.5) is 18.9 Å². The van der Waals surface area contributed by atoms with Crippen LogP contribution in [0, 0.1) is 0 Å². The summed E-state index contributed by atoms with van der Waals surface area (Å²) < 4.78 is 41.7. The van der Waals surface area contributed by atoms with Crippen molar-refractivity contribution in [2.24, 2.45) is 0 Å². The molecule has 0 aromatic heterocycles. The number of amides is 2. The zero-order chi connectivity index (χ0) is 17.7. The van der Waals surface area contributed by atoms with Crippen molar-refractivity contribution in [2.45, 2.75) is 31.9 Å². The summed E-state index contributed by atoms with van der Waals surface area (Å²) in [6, 6.07) is 4.53. The molecule has 1 aliphatic rings. The van der Waals surface area contributed by atoms with Crippen molar-refractivity contribution < 1.29 is 27.5 Å². The molecule has 132 valence electrons. The highest BCUT2D eigenvalue weighted by atomic mass is 19.4. The summed E-state index contributed by atoms with van der Waals surface area (Å²) in [7, 11) is 1.38. The molecule has 0 unspecified atom stereocenters. The van der Waals surface area contributed by atoms with Gasteiger partial charge in [-0.1, -0.05) is 0 Å². The molecule has 0 aliphatic carbocycles. The monoisotopic (exact) mass is 344 g/mol. The molecule has 1 fully saturated rings. The van der Waals surface area contributed by atoms with Crippen molar-refractivity contribution in [3.05, 3.63) is 23.8 Å². The van der Waals surface area contributed by atoms with E-state index in [1.165, 1.54) is 19.2 Å². The minimum Gasteiger partial charge on any atom is -0.495 e. The molecule has 5 nitrogen and oxygen atoms in total. The van der Waals surface area contributed by atoms with Gasteiger partial charge in [-0.3, -0.25) is 9.59 Å². The molecule has 0 saturated carbocycles. The van der Waals surface area contributed by atoms with E-state index in [0.29, 0.717) is 18.7 Å². The normalized spacial score (nSPS) is 14.6. The lowest BCUT2D eigenvalue weighted by Crippen LogP contribution is -2.27. The van der Waals surface area contributed by atoms with E-state index in [-0.39, 0.29) is 17.3 Å². The number of ether oxygens (including phenoxy) is 1. The van der Waals surface area contributed by atoms with Gasteiger partial charge in [0.1, 0.15) is 5.75 Å². The molecule has 1 aliphatic heterocycles. The second-order valence-electron chi connectivity index (χ2n) is 5.58. The van der Waals surface area contributed by atoms with Gasteiger partial charge in [0.2, 0.25) is 5.91 Å². The number of methoxy groups -OCH3 is 1. The molecular weight excluding hydrogens is 325 g/mol. The third kappa shape index (κ3) is 4.87. The largest absolute Gasteiger partial charge is 0.495 e. The molecule has 0 spiro atoms. The average molecular weight is 344 g/mol. The highest BCUT2D eigenvalue weighted by Crippen LogP contribution is 2.28. The van der Waals surface area contributed by atoms with Crippen molar-refractivity contribution in [2.75, 3.05) is 25.5 Å². The molecule has 2 rings (SSSR count). The topological polar surface area (TPSA) is 58.6 Å². The van der Waals surface area contributed by atoms with Crippen molar-refractivity contribution >= 4 is 17.5 Å². The number of anilines is 1. The van der Waals surface area contributed by atoms with Crippen molar-refractivity contribution in [3.8, 4) is 5.75 Å². The first-order valence-corrected chi connectivity index (χ1v) is 7.64. The van der Waals surface area contributed by atoms with Gasteiger partial charge in [0.25, 0.3) is 5.91 Å². The van der Waals surface area contributed by atoms with Crippen LogP contribution < -0.4 is 10.1 Å². The predicted octanol–water partition coefficient (Wildman–Crippen LogP) is 3.21. The van der Waals surface area contributed by atoms with E-state index in [9.17, 15) is 22.8 Å². The number of likely N-dealkylation sites (tertiary alicyclic amines) is 1. The summed E-state index contributed by atoms with van der Waals surface area (Å²) in [5.74, 6) is -0.661. The Kier molecular flexibility index (Phi) is 5.69. The van der Waals surface area contributed by atoms with Gasteiger partial charge in [-0.25, -0.2) is 0 Å². The maximum absolute atomic E-state index is 12.4. The molecule has 8 heteroatoms. The molecule has 0 radical (unpaired) electrons. The minimum absolute atomic E-state index is 0.166. The molecule has 2 amide bonds. The smallest absolute Gasteiger partial charge is 0.389 e. The number of halogens is 3. The van der Waals surface area contributed by atoms with Gasteiger partial charge < -0.3 is 15.0 Å². The molecule has 0 bridgehead atoms. The van der Waals surface area contributed by atoms with Gasteiger partial charge >= 0.3 is 6.18 Å². The van der Waals surface area contributed by atoms with Crippen molar-refractivity contribution in [1.29, 1.82) is 0 Å². The Bertz CT molecular complexity index is 611. The fraction of sp³-hybridized carbons (Fsp3) is 0.500. The first kappa shape index (κ1) is 18.1. The Labute approximate surface area is 137 Å². The number of nitrogens with one attached hydrogen (secondary N) is 1. The number of carbonyl (C=O) groups is 2. The number of rotatable bonds is 5. The Morgan fingerprint density at radius 1 is 1.25 bits per heavy atom. The average Bonchev–Trinajstić information content (AvgIpc) is 3.06. The highest BCUT2D eigenvalue weighted by molar-refractivity contribution is 5.98. The van der Waals surface area contributed by atoms with Crippen LogP contribution in [0.5, 0.6) is 5.75 Å². The van der Waals surface area contributed by atoms with E-state index in [0.717, 1.165) is 12.8 Å². The Balaban J connectivity index is 2.11. The van der Waals surface area contributed by atoms with E-state index in [4.69, 9.17) is 4.74 Å². The Morgan fingerprint density at radius 3 is 2.50 bits per heavy atom. The molecule has 1 N–H and O–H groups in total. The number of carbonyl (C=O) groups excluding carboxylic acids is 2. The molecular formula is C16H19F3N2O3. The minimum atomic E-state index is -4.39. The number of nitrogens with zero attached hydrogens (tertiary/aromatic N) is 1. The lowest BCUT2D eigenvalue weighted by atomic mass is 10.1. The van der Waals surface area contributed by atoms with Gasteiger partial charge in [-0.2, -0.15) is 13.2 Å². The summed E-state index contributed by atoms with van der Waals surface area (Å²) in [5.41, 5.74) is 0.554. The molecule has 24 heavy (non-hydrogen) atoms.